The molecule has 2 aliphatic heterocycles. The van der Waals surface area contributed by atoms with Gasteiger partial charge in [-0.25, -0.2) is 0 Å². The standard InChI is InChI=1S/C18H26N2O/c19-13-17(8-7-14-4-1-2-5-15(14)12-17)18(21)9-11-20-10-3-6-16(18)20/h1-2,4-5,16,21H,3,6-13,19H2. The number of nitrogens with two attached hydrogens (primary N) is 1. The van der Waals surface area contributed by atoms with E-state index >= 15 is 0 Å². The van der Waals surface area contributed by atoms with E-state index < -0.39 is 5.60 Å². The molecule has 3 unspecified atom stereocenters. The van der Waals surface area contributed by atoms with Gasteiger partial charge in [-0.3, -0.25) is 4.90 Å². The molecule has 0 spiro atoms. The van der Waals surface area contributed by atoms with E-state index in [2.05, 4.69) is 29.2 Å². The molecule has 3 aliphatic rings. The van der Waals surface area contributed by atoms with Crippen molar-refractivity contribution >= 4 is 0 Å². The first kappa shape index (κ1) is 13.7. The van der Waals surface area contributed by atoms with Crippen LogP contribution in [-0.2, 0) is 12.8 Å². The van der Waals surface area contributed by atoms with E-state index in [1.54, 1.807) is 0 Å². The molecular weight excluding hydrogens is 260 g/mol. The number of aliphatic hydroxyl groups is 1. The summed E-state index contributed by atoms with van der Waals surface area (Å²) in [7, 11) is 0. The van der Waals surface area contributed by atoms with Crippen LogP contribution in [0.15, 0.2) is 24.3 Å². The molecule has 1 aromatic rings. The average molecular weight is 286 g/mol. The Morgan fingerprint density at radius 1 is 1.19 bits per heavy atom. The number of fused-ring (bicyclic) bond motifs is 2. The maximum Gasteiger partial charge on any atom is 0.0885 e. The van der Waals surface area contributed by atoms with Crippen molar-refractivity contribution in [2.24, 2.45) is 11.1 Å². The van der Waals surface area contributed by atoms with Crippen LogP contribution >= 0.6 is 0 Å². The van der Waals surface area contributed by atoms with Crippen molar-refractivity contribution in [3.8, 4) is 0 Å². The molecule has 0 saturated carbocycles. The maximum atomic E-state index is 11.6. The van der Waals surface area contributed by atoms with Crippen LogP contribution in [0.25, 0.3) is 0 Å². The fourth-order valence-corrected chi connectivity index (χ4v) is 5.26. The van der Waals surface area contributed by atoms with Crippen LogP contribution in [0.3, 0.4) is 0 Å². The second-order valence-corrected chi connectivity index (χ2v) is 7.30. The number of aryl methyl sites for hydroxylation is 1. The zero-order valence-electron chi connectivity index (χ0n) is 12.7. The number of nitrogens with zero attached hydrogens (tertiary/aromatic N) is 1. The molecule has 2 fully saturated rings. The van der Waals surface area contributed by atoms with E-state index in [0.717, 1.165) is 45.2 Å². The maximum absolute atomic E-state index is 11.6. The summed E-state index contributed by atoms with van der Waals surface area (Å²) in [6.07, 6.45) is 6.30. The van der Waals surface area contributed by atoms with Crippen molar-refractivity contribution in [2.75, 3.05) is 19.6 Å². The molecule has 2 saturated heterocycles. The Labute approximate surface area is 127 Å². The van der Waals surface area contributed by atoms with Gasteiger partial charge in [-0.1, -0.05) is 24.3 Å². The lowest BCUT2D eigenvalue weighted by molar-refractivity contribution is -0.104. The zero-order chi connectivity index (χ0) is 14.5. The van der Waals surface area contributed by atoms with Crippen LogP contribution in [0.4, 0.5) is 0 Å². The Morgan fingerprint density at radius 2 is 2.00 bits per heavy atom. The smallest absolute Gasteiger partial charge is 0.0885 e. The highest BCUT2D eigenvalue weighted by Gasteiger charge is 2.59. The average Bonchev–Trinajstić information content (AvgIpc) is 3.12. The molecule has 3 N–H and O–H groups in total. The van der Waals surface area contributed by atoms with Crippen LogP contribution in [0, 0.1) is 5.41 Å². The Hall–Kier alpha value is -0.900. The van der Waals surface area contributed by atoms with Gasteiger partial charge in [0, 0.05) is 24.5 Å². The van der Waals surface area contributed by atoms with Gasteiger partial charge in [0.25, 0.3) is 0 Å². The molecule has 3 heteroatoms. The largest absolute Gasteiger partial charge is 0.388 e. The number of hydrogen-bond acceptors (Lipinski definition) is 3. The second kappa shape index (κ2) is 4.80. The Morgan fingerprint density at radius 3 is 2.81 bits per heavy atom. The van der Waals surface area contributed by atoms with Crippen LogP contribution in [0.2, 0.25) is 0 Å². The first-order valence-electron chi connectivity index (χ1n) is 8.42. The predicted molar refractivity (Wildman–Crippen MR) is 84.1 cm³/mol. The highest BCUT2D eigenvalue weighted by Crippen LogP contribution is 2.52. The van der Waals surface area contributed by atoms with Crippen LogP contribution < -0.4 is 5.73 Å². The Balaban J connectivity index is 1.72. The van der Waals surface area contributed by atoms with Crippen molar-refractivity contribution in [3.63, 3.8) is 0 Å². The highest BCUT2D eigenvalue weighted by atomic mass is 16.3. The van der Waals surface area contributed by atoms with E-state index in [-0.39, 0.29) is 5.41 Å². The topological polar surface area (TPSA) is 49.5 Å². The third-order valence-corrected chi connectivity index (χ3v) is 6.52. The molecular formula is C18H26N2O. The summed E-state index contributed by atoms with van der Waals surface area (Å²) in [6, 6.07) is 9.04. The summed E-state index contributed by atoms with van der Waals surface area (Å²) in [4.78, 5) is 2.50. The molecule has 21 heavy (non-hydrogen) atoms. The van der Waals surface area contributed by atoms with Gasteiger partial charge in [0.05, 0.1) is 5.60 Å². The van der Waals surface area contributed by atoms with E-state index in [1.807, 2.05) is 0 Å². The molecule has 0 radical (unpaired) electrons. The van der Waals surface area contributed by atoms with E-state index in [9.17, 15) is 5.11 Å². The lowest BCUT2D eigenvalue weighted by atomic mass is 9.59. The first-order chi connectivity index (χ1) is 10.2. The minimum Gasteiger partial charge on any atom is -0.388 e. The molecule has 3 nitrogen and oxygen atoms in total. The summed E-state index contributed by atoms with van der Waals surface area (Å²) in [5.41, 5.74) is 8.39. The zero-order valence-corrected chi connectivity index (χ0v) is 12.7. The van der Waals surface area contributed by atoms with Crippen molar-refractivity contribution < 1.29 is 5.11 Å². The van der Waals surface area contributed by atoms with Crippen molar-refractivity contribution in [3.05, 3.63) is 35.4 Å². The van der Waals surface area contributed by atoms with Gasteiger partial charge < -0.3 is 10.8 Å². The van der Waals surface area contributed by atoms with Crippen molar-refractivity contribution in [1.29, 1.82) is 0 Å². The molecule has 0 bridgehead atoms. The van der Waals surface area contributed by atoms with Gasteiger partial charge >= 0.3 is 0 Å². The van der Waals surface area contributed by atoms with Gasteiger partial charge in [0.1, 0.15) is 0 Å². The molecule has 114 valence electrons. The summed E-state index contributed by atoms with van der Waals surface area (Å²) >= 11 is 0. The summed E-state index contributed by atoms with van der Waals surface area (Å²) in [5, 5.41) is 11.6. The van der Waals surface area contributed by atoms with E-state index in [4.69, 9.17) is 5.73 Å². The number of benzene rings is 1. The highest BCUT2D eigenvalue weighted by molar-refractivity contribution is 5.33. The normalized spacial score (nSPS) is 39.2. The summed E-state index contributed by atoms with van der Waals surface area (Å²) in [6.45, 7) is 2.80. The fourth-order valence-electron chi connectivity index (χ4n) is 5.26. The minimum atomic E-state index is -0.591. The third-order valence-electron chi connectivity index (χ3n) is 6.52. The predicted octanol–water partition coefficient (Wildman–Crippen LogP) is 1.72. The summed E-state index contributed by atoms with van der Waals surface area (Å²) < 4.78 is 0. The quantitative estimate of drug-likeness (QED) is 0.870. The van der Waals surface area contributed by atoms with Crippen molar-refractivity contribution in [2.45, 2.75) is 50.2 Å². The molecule has 4 rings (SSSR count). The Bertz CT molecular complexity index is 546. The van der Waals surface area contributed by atoms with Gasteiger partial charge in [0.2, 0.25) is 0 Å². The van der Waals surface area contributed by atoms with E-state index in [0.29, 0.717) is 12.6 Å². The van der Waals surface area contributed by atoms with Crippen LogP contribution in [-0.4, -0.2) is 41.3 Å². The fraction of sp³-hybridized carbons (Fsp3) is 0.667. The second-order valence-electron chi connectivity index (χ2n) is 7.30. The lowest BCUT2D eigenvalue weighted by Crippen LogP contribution is -2.60. The third kappa shape index (κ3) is 1.84. The molecule has 1 aromatic carbocycles. The molecule has 1 aliphatic carbocycles. The number of hydrogen-bond donors (Lipinski definition) is 2. The molecule has 2 heterocycles. The lowest BCUT2D eigenvalue weighted by Gasteiger charge is -2.50. The van der Waals surface area contributed by atoms with Gasteiger partial charge in [-0.2, -0.15) is 0 Å². The van der Waals surface area contributed by atoms with Crippen LogP contribution in [0.5, 0.6) is 0 Å². The van der Waals surface area contributed by atoms with Gasteiger partial charge in [-0.15, -0.1) is 0 Å². The molecule has 0 amide bonds. The van der Waals surface area contributed by atoms with Gasteiger partial charge in [0.15, 0.2) is 0 Å². The molecule has 0 aromatic heterocycles. The van der Waals surface area contributed by atoms with E-state index in [1.165, 1.54) is 17.5 Å². The first-order valence-corrected chi connectivity index (χ1v) is 8.42. The molecule has 3 atom stereocenters. The SMILES string of the molecule is NCC1(C2(O)CCN3CCCC32)CCc2ccccc2C1. The number of rotatable bonds is 2. The summed E-state index contributed by atoms with van der Waals surface area (Å²) in [5.74, 6) is 0. The van der Waals surface area contributed by atoms with Crippen molar-refractivity contribution in [1.82, 2.24) is 4.90 Å². The van der Waals surface area contributed by atoms with Gasteiger partial charge in [-0.05, 0) is 56.2 Å². The monoisotopic (exact) mass is 286 g/mol. The Kier molecular flexibility index (Phi) is 3.14. The van der Waals surface area contributed by atoms with Crippen LogP contribution in [0.1, 0.15) is 36.8 Å². The minimum absolute atomic E-state index is 0.134.